The van der Waals surface area contributed by atoms with Crippen LogP contribution in [-0.2, 0) is 0 Å². The molecule has 0 unspecified atom stereocenters. The maximum absolute atomic E-state index is 4.38. The molecule has 0 fully saturated rings. The standard InChI is InChI=1S/C12H14N8/c1-3-13-10-16-11(19-6-4-5-14-19)18-12(17-10)20-8-9(2)7-15-20/h4-8H,3H2,1-2H3,(H,13,16,17,18). The first-order valence-electron chi connectivity index (χ1n) is 6.28. The average molecular weight is 270 g/mol. The summed E-state index contributed by atoms with van der Waals surface area (Å²) in [7, 11) is 0. The molecular formula is C12H14N8. The van der Waals surface area contributed by atoms with Gasteiger partial charge in [-0.3, -0.25) is 0 Å². The molecule has 20 heavy (non-hydrogen) atoms. The van der Waals surface area contributed by atoms with E-state index in [1.165, 1.54) is 0 Å². The largest absolute Gasteiger partial charge is 0.354 e. The highest BCUT2D eigenvalue weighted by molar-refractivity contribution is 5.32. The maximum Gasteiger partial charge on any atom is 0.257 e. The van der Waals surface area contributed by atoms with Gasteiger partial charge in [0.05, 0.1) is 6.20 Å². The quantitative estimate of drug-likeness (QED) is 0.760. The molecule has 0 aliphatic heterocycles. The van der Waals surface area contributed by atoms with E-state index in [0.717, 1.165) is 12.1 Å². The molecule has 0 aliphatic carbocycles. The van der Waals surface area contributed by atoms with Crippen molar-refractivity contribution in [3.8, 4) is 11.9 Å². The van der Waals surface area contributed by atoms with E-state index >= 15 is 0 Å². The number of nitrogens with zero attached hydrogens (tertiary/aromatic N) is 7. The Kier molecular flexibility index (Phi) is 3.12. The van der Waals surface area contributed by atoms with Crippen molar-refractivity contribution in [3.05, 3.63) is 36.4 Å². The third kappa shape index (κ3) is 2.35. The third-order valence-electron chi connectivity index (χ3n) is 2.57. The van der Waals surface area contributed by atoms with Crippen LogP contribution in [0.2, 0.25) is 0 Å². The van der Waals surface area contributed by atoms with E-state index < -0.39 is 0 Å². The molecule has 102 valence electrons. The minimum Gasteiger partial charge on any atom is -0.354 e. The molecule has 0 saturated carbocycles. The Morgan fingerprint density at radius 2 is 1.90 bits per heavy atom. The van der Waals surface area contributed by atoms with Gasteiger partial charge in [-0.2, -0.15) is 25.1 Å². The van der Waals surface area contributed by atoms with Crippen LogP contribution in [0.3, 0.4) is 0 Å². The minimum atomic E-state index is 0.448. The fourth-order valence-corrected chi connectivity index (χ4v) is 1.71. The molecule has 0 saturated heterocycles. The number of aryl methyl sites for hydroxylation is 1. The fraction of sp³-hybridized carbons (Fsp3) is 0.250. The van der Waals surface area contributed by atoms with E-state index in [1.54, 1.807) is 28.0 Å². The monoisotopic (exact) mass is 270 g/mol. The molecule has 1 N–H and O–H groups in total. The summed E-state index contributed by atoms with van der Waals surface area (Å²) in [6.45, 7) is 4.67. The van der Waals surface area contributed by atoms with Gasteiger partial charge in [-0.15, -0.1) is 0 Å². The van der Waals surface area contributed by atoms with E-state index in [4.69, 9.17) is 0 Å². The topological polar surface area (TPSA) is 86.3 Å². The molecule has 0 atom stereocenters. The molecule has 3 rings (SSSR count). The van der Waals surface area contributed by atoms with Gasteiger partial charge in [0, 0.05) is 25.1 Å². The molecule has 0 amide bonds. The lowest BCUT2D eigenvalue weighted by Crippen LogP contribution is -2.13. The number of aromatic nitrogens is 7. The highest BCUT2D eigenvalue weighted by Crippen LogP contribution is 2.09. The normalized spacial score (nSPS) is 10.7. The van der Waals surface area contributed by atoms with E-state index in [-0.39, 0.29) is 0 Å². The van der Waals surface area contributed by atoms with Gasteiger partial charge < -0.3 is 5.32 Å². The lowest BCUT2D eigenvalue weighted by atomic mass is 10.4. The van der Waals surface area contributed by atoms with E-state index in [2.05, 4.69) is 30.5 Å². The minimum absolute atomic E-state index is 0.448. The van der Waals surface area contributed by atoms with Crippen molar-refractivity contribution in [3.63, 3.8) is 0 Å². The predicted octanol–water partition coefficient (Wildman–Crippen LogP) is 0.983. The summed E-state index contributed by atoms with van der Waals surface area (Å²) in [4.78, 5) is 13.0. The molecule has 0 radical (unpaired) electrons. The molecule has 0 aromatic carbocycles. The van der Waals surface area contributed by atoms with E-state index in [9.17, 15) is 0 Å². The van der Waals surface area contributed by atoms with Crippen LogP contribution in [0.5, 0.6) is 0 Å². The van der Waals surface area contributed by atoms with Crippen LogP contribution in [-0.4, -0.2) is 41.1 Å². The molecule has 3 heterocycles. The van der Waals surface area contributed by atoms with Crippen molar-refractivity contribution in [2.24, 2.45) is 0 Å². The summed E-state index contributed by atoms with van der Waals surface area (Å²) in [5.41, 5.74) is 1.04. The highest BCUT2D eigenvalue weighted by atomic mass is 15.4. The van der Waals surface area contributed by atoms with E-state index in [0.29, 0.717) is 17.8 Å². The maximum atomic E-state index is 4.38. The summed E-state index contributed by atoms with van der Waals surface area (Å²) in [5, 5.41) is 11.4. The zero-order chi connectivity index (χ0) is 13.9. The van der Waals surface area contributed by atoms with Crippen LogP contribution < -0.4 is 5.32 Å². The lowest BCUT2D eigenvalue weighted by molar-refractivity contribution is 0.745. The average Bonchev–Trinajstić information content (AvgIpc) is 3.09. The van der Waals surface area contributed by atoms with Crippen molar-refractivity contribution in [1.29, 1.82) is 0 Å². The van der Waals surface area contributed by atoms with Crippen molar-refractivity contribution in [2.75, 3.05) is 11.9 Å². The van der Waals surface area contributed by atoms with Crippen molar-refractivity contribution >= 4 is 5.95 Å². The van der Waals surface area contributed by atoms with Gasteiger partial charge >= 0.3 is 0 Å². The summed E-state index contributed by atoms with van der Waals surface area (Å²) in [6, 6.07) is 1.81. The molecule has 0 bridgehead atoms. The zero-order valence-corrected chi connectivity index (χ0v) is 11.2. The zero-order valence-electron chi connectivity index (χ0n) is 11.2. The van der Waals surface area contributed by atoms with Crippen LogP contribution >= 0.6 is 0 Å². The van der Waals surface area contributed by atoms with Crippen molar-refractivity contribution in [2.45, 2.75) is 13.8 Å². The molecule has 8 nitrogen and oxygen atoms in total. The summed E-state index contributed by atoms with van der Waals surface area (Å²) in [5.74, 6) is 1.40. The number of anilines is 1. The Balaban J connectivity index is 2.09. The Hall–Kier alpha value is -2.77. The second-order valence-electron chi connectivity index (χ2n) is 4.20. The Bertz CT molecular complexity index is 700. The van der Waals surface area contributed by atoms with Crippen molar-refractivity contribution in [1.82, 2.24) is 34.5 Å². The molecular weight excluding hydrogens is 256 g/mol. The molecule has 0 aliphatic rings. The van der Waals surface area contributed by atoms with Crippen LogP contribution in [0.25, 0.3) is 11.9 Å². The lowest BCUT2D eigenvalue weighted by Gasteiger charge is -2.07. The van der Waals surface area contributed by atoms with Gasteiger partial charge in [-0.05, 0) is 25.5 Å². The van der Waals surface area contributed by atoms with Crippen LogP contribution in [0.1, 0.15) is 12.5 Å². The Morgan fingerprint density at radius 3 is 2.50 bits per heavy atom. The number of hydrogen-bond acceptors (Lipinski definition) is 6. The third-order valence-corrected chi connectivity index (χ3v) is 2.57. The van der Waals surface area contributed by atoms with Gasteiger partial charge in [-0.1, -0.05) is 0 Å². The Labute approximate surface area is 115 Å². The van der Waals surface area contributed by atoms with Crippen molar-refractivity contribution < 1.29 is 0 Å². The second kappa shape index (κ2) is 5.08. The van der Waals surface area contributed by atoms with Gasteiger partial charge in [0.15, 0.2) is 0 Å². The highest BCUT2D eigenvalue weighted by Gasteiger charge is 2.10. The number of rotatable bonds is 4. The molecule has 0 spiro atoms. The predicted molar refractivity (Wildman–Crippen MR) is 73.0 cm³/mol. The first-order chi connectivity index (χ1) is 9.76. The first-order valence-corrected chi connectivity index (χ1v) is 6.28. The molecule has 8 heteroatoms. The van der Waals surface area contributed by atoms with Gasteiger partial charge in [0.2, 0.25) is 5.95 Å². The number of hydrogen-bond donors (Lipinski definition) is 1. The van der Waals surface area contributed by atoms with E-state index in [1.807, 2.05) is 26.1 Å². The SMILES string of the molecule is CCNc1nc(-n2cccn2)nc(-n2cc(C)cn2)n1. The summed E-state index contributed by atoms with van der Waals surface area (Å²) < 4.78 is 3.20. The second-order valence-corrected chi connectivity index (χ2v) is 4.20. The van der Waals surface area contributed by atoms with Crippen LogP contribution in [0.4, 0.5) is 5.95 Å². The van der Waals surface area contributed by atoms with Crippen LogP contribution in [0, 0.1) is 6.92 Å². The molecule has 3 aromatic rings. The summed E-state index contributed by atoms with van der Waals surface area (Å²) >= 11 is 0. The van der Waals surface area contributed by atoms with Gasteiger partial charge in [-0.25, -0.2) is 9.36 Å². The Morgan fingerprint density at radius 1 is 1.10 bits per heavy atom. The van der Waals surface area contributed by atoms with Gasteiger partial charge in [0.1, 0.15) is 0 Å². The summed E-state index contributed by atoms with van der Waals surface area (Å²) in [6.07, 6.45) is 7.07. The van der Waals surface area contributed by atoms with Gasteiger partial charge in [0.25, 0.3) is 11.9 Å². The fourth-order valence-electron chi connectivity index (χ4n) is 1.71. The smallest absolute Gasteiger partial charge is 0.257 e. The first kappa shape index (κ1) is 12.3. The number of nitrogens with one attached hydrogen (secondary N) is 1. The molecule has 3 aromatic heterocycles. The van der Waals surface area contributed by atoms with Crippen LogP contribution in [0.15, 0.2) is 30.9 Å².